The van der Waals surface area contributed by atoms with E-state index in [1.165, 1.54) is 43.0 Å². The summed E-state index contributed by atoms with van der Waals surface area (Å²) in [4.78, 5) is 0. The Bertz CT molecular complexity index is 274. The molecule has 0 aliphatic rings. The normalized spacial score (nSPS) is 12.6. The van der Waals surface area contributed by atoms with Crippen molar-refractivity contribution < 1.29 is 4.74 Å². The number of benzene rings is 1. The van der Waals surface area contributed by atoms with Crippen LogP contribution in [0.4, 0.5) is 0 Å². The topological polar surface area (TPSA) is 9.23 Å². The minimum absolute atomic E-state index is 0.450. The molecule has 0 radical (unpaired) electrons. The molecule has 1 aromatic rings. The molecule has 0 amide bonds. The molecule has 1 aromatic carbocycles. The Labute approximate surface area is 112 Å². The van der Waals surface area contributed by atoms with Crippen LogP contribution in [0.2, 0.25) is 0 Å². The summed E-state index contributed by atoms with van der Waals surface area (Å²) in [6, 6.07) is 10.7. The van der Waals surface area contributed by atoms with Gasteiger partial charge in [0.1, 0.15) is 0 Å². The van der Waals surface area contributed by atoms with Crippen LogP contribution in [0.15, 0.2) is 30.3 Å². The van der Waals surface area contributed by atoms with Crippen LogP contribution >= 0.6 is 0 Å². The van der Waals surface area contributed by atoms with Crippen LogP contribution < -0.4 is 4.46 Å². The van der Waals surface area contributed by atoms with E-state index in [0.29, 0.717) is 20.0 Å². The second kappa shape index (κ2) is 9.70. The zero-order valence-corrected chi connectivity index (χ0v) is 12.7. The van der Waals surface area contributed by atoms with E-state index >= 15 is 0 Å². The molecule has 96 valence electrons. The number of rotatable bonds is 9. The first-order chi connectivity index (χ1) is 8.36. The maximum atomic E-state index is 5.59. The van der Waals surface area contributed by atoms with Gasteiger partial charge in [-0.1, -0.05) is 0 Å². The Balaban J connectivity index is 2.20. The van der Waals surface area contributed by atoms with E-state index in [9.17, 15) is 0 Å². The van der Waals surface area contributed by atoms with Gasteiger partial charge in [-0.25, -0.2) is 0 Å². The van der Waals surface area contributed by atoms with Crippen molar-refractivity contribution in [2.45, 2.75) is 50.5 Å². The number of ether oxygens (including phenoxy) is 1. The van der Waals surface area contributed by atoms with Crippen LogP contribution in [0.5, 0.6) is 0 Å². The fraction of sp³-hybridized carbons (Fsp3) is 0.600. The van der Waals surface area contributed by atoms with Gasteiger partial charge in [0.25, 0.3) is 0 Å². The van der Waals surface area contributed by atoms with Gasteiger partial charge in [-0.2, -0.15) is 0 Å². The molecule has 0 aromatic heterocycles. The van der Waals surface area contributed by atoms with Crippen LogP contribution in [0.25, 0.3) is 0 Å². The van der Waals surface area contributed by atoms with Crippen molar-refractivity contribution in [2.75, 3.05) is 7.11 Å². The van der Waals surface area contributed by atoms with Gasteiger partial charge in [0.2, 0.25) is 0 Å². The molecule has 1 nitrogen and oxygen atoms in total. The molecule has 0 spiro atoms. The van der Waals surface area contributed by atoms with Crippen LogP contribution in [-0.2, 0) is 4.74 Å². The van der Waals surface area contributed by atoms with E-state index in [1.54, 1.807) is 0 Å². The second-order valence-electron chi connectivity index (χ2n) is 4.30. The predicted octanol–water partition coefficient (Wildman–Crippen LogP) is 3.35. The first-order valence-corrected chi connectivity index (χ1v) is 8.46. The third-order valence-corrected chi connectivity index (χ3v) is 5.41. The molecule has 0 aliphatic carbocycles. The molecule has 17 heavy (non-hydrogen) atoms. The Hall–Kier alpha value is -0.301. The number of methoxy groups -OCH3 is 1. The second-order valence-corrected chi connectivity index (χ2v) is 6.89. The van der Waals surface area contributed by atoms with Gasteiger partial charge in [0.05, 0.1) is 0 Å². The quantitative estimate of drug-likeness (QED) is 0.502. The van der Waals surface area contributed by atoms with E-state index < -0.39 is 0 Å². The van der Waals surface area contributed by atoms with Crippen LogP contribution in [0.3, 0.4) is 0 Å². The SMILES string of the molecule is CCCCCCCC(OC)[Se]c1ccccc1. The summed E-state index contributed by atoms with van der Waals surface area (Å²) in [5, 5.41) is 0.450. The van der Waals surface area contributed by atoms with E-state index in [2.05, 4.69) is 37.3 Å². The molecule has 0 saturated carbocycles. The molecule has 0 heterocycles. The van der Waals surface area contributed by atoms with Crippen molar-refractivity contribution in [3.8, 4) is 0 Å². The first kappa shape index (κ1) is 14.8. The van der Waals surface area contributed by atoms with Gasteiger partial charge < -0.3 is 0 Å². The van der Waals surface area contributed by atoms with Crippen molar-refractivity contribution >= 4 is 19.4 Å². The Morgan fingerprint density at radius 2 is 1.76 bits per heavy atom. The number of unbranched alkanes of at least 4 members (excludes halogenated alkanes) is 4. The van der Waals surface area contributed by atoms with Gasteiger partial charge in [0.15, 0.2) is 0 Å². The average Bonchev–Trinajstić information content (AvgIpc) is 2.38. The van der Waals surface area contributed by atoms with Crippen molar-refractivity contribution in [3.05, 3.63) is 30.3 Å². The van der Waals surface area contributed by atoms with E-state index in [1.807, 2.05) is 7.11 Å². The first-order valence-electron chi connectivity index (χ1n) is 6.61. The molecule has 1 unspecified atom stereocenters. The third kappa shape index (κ3) is 6.88. The molecule has 0 bridgehead atoms. The monoisotopic (exact) mass is 300 g/mol. The van der Waals surface area contributed by atoms with E-state index in [0.717, 1.165) is 0 Å². The van der Waals surface area contributed by atoms with Gasteiger partial charge >= 0.3 is 112 Å². The van der Waals surface area contributed by atoms with Crippen molar-refractivity contribution in [2.24, 2.45) is 0 Å². The summed E-state index contributed by atoms with van der Waals surface area (Å²) >= 11 is 0.459. The standard InChI is InChI=1S/C15H24OSe/c1-3-4-5-6-10-13-15(16-2)17-14-11-8-7-9-12-14/h7-9,11-12,15H,3-6,10,13H2,1-2H3. The molecule has 1 rings (SSSR count). The van der Waals surface area contributed by atoms with Gasteiger partial charge in [-0.15, -0.1) is 0 Å². The Morgan fingerprint density at radius 3 is 2.41 bits per heavy atom. The van der Waals surface area contributed by atoms with Crippen molar-refractivity contribution in [1.29, 1.82) is 0 Å². The number of hydrogen-bond acceptors (Lipinski definition) is 1. The van der Waals surface area contributed by atoms with Crippen LogP contribution in [-0.4, -0.2) is 27.1 Å². The van der Waals surface area contributed by atoms with Crippen molar-refractivity contribution in [1.82, 2.24) is 0 Å². The zero-order valence-electron chi connectivity index (χ0n) is 11.0. The molecule has 0 aliphatic heterocycles. The fourth-order valence-corrected chi connectivity index (χ4v) is 3.89. The molecule has 0 fully saturated rings. The molecule has 2 heteroatoms. The molecule has 0 N–H and O–H groups in total. The van der Waals surface area contributed by atoms with Gasteiger partial charge in [0, 0.05) is 0 Å². The van der Waals surface area contributed by atoms with Gasteiger partial charge in [-0.3, -0.25) is 0 Å². The molecular weight excluding hydrogens is 275 g/mol. The molecule has 1 atom stereocenters. The van der Waals surface area contributed by atoms with Crippen LogP contribution in [0.1, 0.15) is 45.4 Å². The summed E-state index contributed by atoms with van der Waals surface area (Å²) in [6.45, 7) is 2.26. The van der Waals surface area contributed by atoms with Crippen molar-refractivity contribution in [3.63, 3.8) is 0 Å². The Kier molecular flexibility index (Phi) is 8.42. The number of hydrogen-bond donors (Lipinski definition) is 0. The summed E-state index contributed by atoms with van der Waals surface area (Å²) in [5.41, 5.74) is 0. The fourth-order valence-electron chi connectivity index (χ4n) is 1.79. The van der Waals surface area contributed by atoms with E-state index in [4.69, 9.17) is 4.74 Å². The summed E-state index contributed by atoms with van der Waals surface area (Å²) in [6.07, 6.45) is 7.97. The molecular formula is C15H24OSe. The summed E-state index contributed by atoms with van der Waals surface area (Å²) in [7, 11) is 1.85. The summed E-state index contributed by atoms with van der Waals surface area (Å²) < 4.78 is 7.03. The summed E-state index contributed by atoms with van der Waals surface area (Å²) in [5.74, 6) is 0. The predicted molar refractivity (Wildman–Crippen MR) is 76.0 cm³/mol. The van der Waals surface area contributed by atoms with Gasteiger partial charge in [-0.05, 0) is 0 Å². The minimum atomic E-state index is 0.450. The average molecular weight is 299 g/mol. The maximum absolute atomic E-state index is 5.59. The Morgan fingerprint density at radius 1 is 1.06 bits per heavy atom. The van der Waals surface area contributed by atoms with E-state index in [-0.39, 0.29) is 0 Å². The third-order valence-electron chi connectivity index (χ3n) is 2.82. The molecule has 0 saturated heterocycles. The zero-order chi connectivity index (χ0) is 12.3. The van der Waals surface area contributed by atoms with Crippen LogP contribution in [0, 0.1) is 0 Å².